The Morgan fingerprint density at radius 3 is 2.77 bits per heavy atom. The van der Waals surface area contributed by atoms with Crippen LogP contribution in [0.15, 0.2) is 53.6 Å². The molecule has 1 amide bonds. The fraction of sp³-hybridized carbons (Fsp3) is 0.133. The molecule has 0 saturated carbocycles. The van der Waals surface area contributed by atoms with E-state index in [1.807, 2.05) is 6.92 Å². The van der Waals surface area contributed by atoms with Crippen molar-refractivity contribution in [1.82, 2.24) is 3.97 Å². The number of nitrogens with zero attached hydrogens (tertiary/aromatic N) is 2. The van der Waals surface area contributed by atoms with Crippen LogP contribution in [0.3, 0.4) is 0 Å². The molecule has 0 atom stereocenters. The van der Waals surface area contributed by atoms with Crippen LogP contribution in [0.5, 0.6) is 0 Å². The summed E-state index contributed by atoms with van der Waals surface area (Å²) in [4.78, 5) is 14.2. The minimum Gasteiger partial charge on any atom is -0.302 e. The van der Waals surface area contributed by atoms with E-state index in [2.05, 4.69) is 0 Å². The highest BCUT2D eigenvalue weighted by atomic mass is 35.5. The summed E-state index contributed by atoms with van der Waals surface area (Å²) in [6.07, 6.45) is 4.97. The Bertz CT molecular complexity index is 884. The second kappa shape index (κ2) is 5.30. The minimum absolute atomic E-state index is 0.0211. The topological polar surface area (TPSA) is 59.4 Å². The van der Waals surface area contributed by atoms with Crippen molar-refractivity contribution < 1.29 is 13.2 Å². The van der Waals surface area contributed by atoms with Gasteiger partial charge in [0, 0.05) is 17.8 Å². The van der Waals surface area contributed by atoms with Crippen LogP contribution in [0.2, 0.25) is 5.02 Å². The number of hydrogen-bond acceptors (Lipinski definition) is 3. The van der Waals surface area contributed by atoms with E-state index in [4.69, 9.17) is 11.6 Å². The SMILES string of the molecule is C/C=C/CN1C(=O)c2cccn2S(=O)(=O)c2cc(Cl)ccc21. The Hall–Kier alpha value is -2.05. The molecule has 0 fully saturated rings. The standard InChI is InChI=1S/C15H13ClN2O3S/c1-2-3-8-17-12-7-6-11(16)10-14(12)22(20,21)18-9-4-5-13(18)15(17)19/h2-7,9-10H,8H2,1H3/b3-2+. The molecule has 0 N–H and O–H groups in total. The Labute approximate surface area is 133 Å². The van der Waals surface area contributed by atoms with E-state index in [0.29, 0.717) is 10.7 Å². The van der Waals surface area contributed by atoms with Crippen LogP contribution in [0.25, 0.3) is 0 Å². The summed E-state index contributed by atoms with van der Waals surface area (Å²) in [5.74, 6) is -0.368. The number of fused-ring (bicyclic) bond motifs is 2. The maximum Gasteiger partial charge on any atom is 0.276 e. The molecule has 1 aliphatic heterocycles. The molecule has 114 valence electrons. The summed E-state index contributed by atoms with van der Waals surface area (Å²) in [5, 5.41) is 0.302. The van der Waals surface area contributed by atoms with E-state index in [1.165, 1.54) is 29.3 Å². The lowest BCUT2D eigenvalue weighted by Gasteiger charge is -2.20. The van der Waals surface area contributed by atoms with Crippen molar-refractivity contribution in [1.29, 1.82) is 0 Å². The first-order valence-electron chi connectivity index (χ1n) is 6.62. The Balaban J connectivity index is 2.35. The van der Waals surface area contributed by atoms with Crippen LogP contribution < -0.4 is 4.90 Å². The summed E-state index contributed by atoms with van der Waals surface area (Å²) in [5.41, 5.74) is 0.438. The smallest absolute Gasteiger partial charge is 0.276 e. The van der Waals surface area contributed by atoms with Gasteiger partial charge in [-0.2, -0.15) is 0 Å². The van der Waals surface area contributed by atoms with Crippen molar-refractivity contribution in [2.24, 2.45) is 0 Å². The van der Waals surface area contributed by atoms with E-state index < -0.39 is 10.0 Å². The Morgan fingerprint density at radius 1 is 1.27 bits per heavy atom. The molecule has 0 spiro atoms. The molecule has 2 aromatic rings. The summed E-state index contributed by atoms with van der Waals surface area (Å²) in [6.45, 7) is 2.12. The molecular weight excluding hydrogens is 324 g/mol. The third kappa shape index (κ3) is 2.15. The molecule has 3 rings (SSSR count). The van der Waals surface area contributed by atoms with Crippen molar-refractivity contribution in [2.45, 2.75) is 11.8 Å². The van der Waals surface area contributed by atoms with Gasteiger partial charge in [-0.25, -0.2) is 12.4 Å². The third-order valence-corrected chi connectivity index (χ3v) is 5.40. The molecular formula is C15H13ClN2O3S. The van der Waals surface area contributed by atoms with Gasteiger partial charge in [0.1, 0.15) is 10.6 Å². The Kier molecular flexibility index (Phi) is 3.58. The van der Waals surface area contributed by atoms with E-state index in [1.54, 1.807) is 24.3 Å². The fourth-order valence-corrected chi connectivity index (χ4v) is 4.20. The number of amides is 1. The second-order valence-electron chi connectivity index (χ2n) is 4.79. The highest BCUT2D eigenvalue weighted by Crippen LogP contribution is 2.34. The van der Waals surface area contributed by atoms with E-state index in [-0.39, 0.29) is 23.0 Å². The Morgan fingerprint density at radius 2 is 2.05 bits per heavy atom. The number of benzene rings is 1. The zero-order chi connectivity index (χ0) is 15.9. The second-order valence-corrected chi connectivity index (χ2v) is 7.01. The number of halogens is 1. The first-order valence-corrected chi connectivity index (χ1v) is 8.44. The number of aromatic nitrogens is 1. The first-order chi connectivity index (χ1) is 10.5. The largest absolute Gasteiger partial charge is 0.302 e. The molecule has 0 radical (unpaired) electrons. The highest BCUT2D eigenvalue weighted by Gasteiger charge is 2.34. The van der Waals surface area contributed by atoms with Gasteiger partial charge in [0.25, 0.3) is 15.9 Å². The molecule has 0 unspecified atom stereocenters. The van der Waals surface area contributed by atoms with E-state index in [0.717, 1.165) is 3.97 Å². The monoisotopic (exact) mass is 336 g/mol. The van der Waals surface area contributed by atoms with Crippen LogP contribution in [0.1, 0.15) is 17.4 Å². The maximum absolute atomic E-state index is 12.8. The van der Waals surface area contributed by atoms with Gasteiger partial charge >= 0.3 is 0 Å². The van der Waals surface area contributed by atoms with Crippen LogP contribution >= 0.6 is 11.6 Å². The number of anilines is 1. The molecule has 5 nitrogen and oxygen atoms in total. The average molecular weight is 337 g/mol. The number of allylic oxidation sites excluding steroid dienone is 1. The van der Waals surface area contributed by atoms with E-state index >= 15 is 0 Å². The minimum atomic E-state index is -3.86. The maximum atomic E-state index is 12.8. The van der Waals surface area contributed by atoms with E-state index in [9.17, 15) is 13.2 Å². The molecule has 0 aliphatic carbocycles. The molecule has 22 heavy (non-hydrogen) atoms. The van der Waals surface area contributed by atoms with Crippen molar-refractivity contribution in [3.63, 3.8) is 0 Å². The van der Waals surface area contributed by atoms with Crippen LogP contribution in [-0.4, -0.2) is 24.8 Å². The lowest BCUT2D eigenvalue weighted by molar-refractivity contribution is 0.0984. The predicted molar refractivity (Wildman–Crippen MR) is 85.0 cm³/mol. The lowest BCUT2D eigenvalue weighted by Crippen LogP contribution is -2.31. The molecule has 0 saturated heterocycles. The van der Waals surface area contributed by atoms with Crippen molar-refractivity contribution >= 4 is 33.2 Å². The number of hydrogen-bond donors (Lipinski definition) is 0. The normalized spacial score (nSPS) is 16.5. The lowest BCUT2D eigenvalue weighted by atomic mass is 10.2. The molecule has 1 aliphatic rings. The van der Waals surface area contributed by atoms with Crippen molar-refractivity contribution in [2.75, 3.05) is 11.4 Å². The zero-order valence-electron chi connectivity index (χ0n) is 11.7. The van der Waals surface area contributed by atoms with Crippen molar-refractivity contribution in [3.8, 4) is 0 Å². The van der Waals surface area contributed by atoms with Gasteiger partial charge in [-0.15, -0.1) is 0 Å². The molecule has 1 aromatic heterocycles. The van der Waals surface area contributed by atoms with Gasteiger partial charge < -0.3 is 4.90 Å². The summed E-state index contributed by atoms with van der Waals surface area (Å²) >= 11 is 5.96. The molecule has 1 aromatic carbocycles. The third-order valence-electron chi connectivity index (χ3n) is 3.45. The van der Waals surface area contributed by atoms with Gasteiger partial charge in [-0.05, 0) is 37.3 Å². The summed E-state index contributed by atoms with van der Waals surface area (Å²) in [7, 11) is -3.86. The first kappa shape index (κ1) is 14.9. The van der Waals surface area contributed by atoms with Crippen LogP contribution in [-0.2, 0) is 10.0 Å². The number of carbonyl (C=O) groups excluding carboxylic acids is 1. The van der Waals surface area contributed by atoms with Gasteiger partial charge in [0.2, 0.25) is 0 Å². The van der Waals surface area contributed by atoms with Gasteiger partial charge in [-0.1, -0.05) is 23.8 Å². The van der Waals surface area contributed by atoms with Crippen LogP contribution in [0.4, 0.5) is 5.69 Å². The highest BCUT2D eigenvalue weighted by molar-refractivity contribution is 7.90. The summed E-state index contributed by atoms with van der Waals surface area (Å²) < 4.78 is 26.6. The number of rotatable bonds is 2. The predicted octanol–water partition coefficient (Wildman–Crippen LogP) is 2.91. The molecule has 0 bridgehead atoms. The number of carbonyl (C=O) groups is 1. The zero-order valence-corrected chi connectivity index (χ0v) is 13.3. The molecule has 7 heteroatoms. The van der Waals surface area contributed by atoms with Crippen molar-refractivity contribution in [3.05, 3.63) is 59.4 Å². The van der Waals surface area contributed by atoms with Gasteiger partial charge in [0.15, 0.2) is 0 Å². The van der Waals surface area contributed by atoms with Crippen LogP contribution in [0, 0.1) is 0 Å². The average Bonchev–Trinajstić information content (AvgIpc) is 2.96. The van der Waals surface area contributed by atoms with Gasteiger partial charge in [0.05, 0.1) is 5.69 Å². The summed E-state index contributed by atoms with van der Waals surface area (Å²) in [6, 6.07) is 7.54. The quantitative estimate of drug-likeness (QED) is 0.792. The fourth-order valence-electron chi connectivity index (χ4n) is 2.40. The van der Waals surface area contributed by atoms with Gasteiger partial charge in [-0.3, -0.25) is 4.79 Å². The molecule has 2 heterocycles.